The van der Waals surface area contributed by atoms with Crippen molar-refractivity contribution in [3.05, 3.63) is 29.8 Å². The van der Waals surface area contributed by atoms with Crippen LogP contribution in [-0.4, -0.2) is 6.61 Å². The number of hydrogen-bond donors (Lipinski definition) is 0. The number of rotatable bonds is 2. The molecule has 0 bridgehead atoms. The average Bonchev–Trinajstić information content (AvgIpc) is 2.01. The van der Waals surface area contributed by atoms with E-state index in [1.807, 2.05) is 37.3 Å². The molecule has 1 aromatic rings. The van der Waals surface area contributed by atoms with E-state index in [2.05, 4.69) is 0 Å². The fourth-order valence-corrected chi connectivity index (χ4v) is 0.821. The van der Waals surface area contributed by atoms with Gasteiger partial charge in [0, 0.05) is 0 Å². The summed E-state index contributed by atoms with van der Waals surface area (Å²) in [7, 11) is 0. The largest absolute Gasteiger partial charge is 0.479 e. The van der Waals surface area contributed by atoms with Crippen LogP contribution in [-0.2, 0) is 0 Å². The first kappa shape index (κ1) is 7.62. The van der Waals surface area contributed by atoms with Crippen molar-refractivity contribution < 1.29 is 4.74 Å². The quantitative estimate of drug-likeness (QED) is 0.640. The molecular weight excluding hydrogens is 138 g/mol. The third kappa shape index (κ3) is 2.30. The van der Waals surface area contributed by atoms with Crippen LogP contribution in [0.5, 0.6) is 5.75 Å². The standard InChI is InChI=1S/C9H9NO/c1-8-3-2-4-9(7-8)11-6-5-10/h2-4,7H,6H2,1H3. The van der Waals surface area contributed by atoms with Crippen LogP contribution in [0.2, 0.25) is 0 Å². The zero-order valence-corrected chi connectivity index (χ0v) is 6.37. The van der Waals surface area contributed by atoms with Gasteiger partial charge in [0.15, 0.2) is 6.61 Å². The van der Waals surface area contributed by atoms with Gasteiger partial charge in [0.05, 0.1) is 0 Å². The van der Waals surface area contributed by atoms with Crippen LogP contribution in [0.15, 0.2) is 24.3 Å². The molecule has 0 N–H and O–H groups in total. The molecule has 1 rings (SSSR count). The highest BCUT2D eigenvalue weighted by Crippen LogP contribution is 2.11. The predicted octanol–water partition coefficient (Wildman–Crippen LogP) is 1.90. The van der Waals surface area contributed by atoms with Gasteiger partial charge in [-0.3, -0.25) is 0 Å². The van der Waals surface area contributed by atoms with E-state index in [0.29, 0.717) is 0 Å². The van der Waals surface area contributed by atoms with Crippen LogP contribution in [0.25, 0.3) is 0 Å². The Kier molecular flexibility index (Phi) is 2.51. The van der Waals surface area contributed by atoms with Crippen LogP contribution in [0.4, 0.5) is 0 Å². The summed E-state index contributed by atoms with van der Waals surface area (Å²) < 4.78 is 5.07. The minimum atomic E-state index is 0.115. The summed E-state index contributed by atoms with van der Waals surface area (Å²) in [5, 5.41) is 8.22. The summed E-state index contributed by atoms with van der Waals surface area (Å²) >= 11 is 0. The van der Waals surface area contributed by atoms with E-state index < -0.39 is 0 Å². The van der Waals surface area contributed by atoms with Crippen molar-refractivity contribution in [3.63, 3.8) is 0 Å². The first-order valence-corrected chi connectivity index (χ1v) is 3.39. The van der Waals surface area contributed by atoms with Crippen LogP contribution in [0, 0.1) is 18.3 Å². The molecular formula is C9H9NO. The number of nitriles is 1. The fourth-order valence-electron chi connectivity index (χ4n) is 0.821. The number of nitrogens with zero attached hydrogens (tertiary/aromatic N) is 1. The van der Waals surface area contributed by atoms with Crippen molar-refractivity contribution in [2.24, 2.45) is 0 Å². The van der Waals surface area contributed by atoms with Gasteiger partial charge >= 0.3 is 0 Å². The normalized spacial score (nSPS) is 8.73. The van der Waals surface area contributed by atoms with Gasteiger partial charge in [-0.1, -0.05) is 12.1 Å². The Morgan fingerprint density at radius 1 is 1.55 bits per heavy atom. The Balaban J connectivity index is 2.65. The minimum Gasteiger partial charge on any atom is -0.479 e. The summed E-state index contributed by atoms with van der Waals surface area (Å²) in [6.45, 7) is 2.10. The second-order valence-electron chi connectivity index (χ2n) is 2.26. The van der Waals surface area contributed by atoms with Gasteiger partial charge in [-0.15, -0.1) is 0 Å². The molecule has 0 aromatic heterocycles. The summed E-state index contributed by atoms with van der Waals surface area (Å²) in [4.78, 5) is 0. The van der Waals surface area contributed by atoms with E-state index in [0.717, 1.165) is 11.3 Å². The summed E-state index contributed by atoms with van der Waals surface area (Å²) in [5.41, 5.74) is 1.14. The van der Waals surface area contributed by atoms with E-state index in [9.17, 15) is 0 Å². The van der Waals surface area contributed by atoms with E-state index in [1.54, 1.807) is 0 Å². The molecule has 11 heavy (non-hydrogen) atoms. The van der Waals surface area contributed by atoms with Crippen LogP contribution >= 0.6 is 0 Å². The van der Waals surface area contributed by atoms with E-state index in [4.69, 9.17) is 10.00 Å². The molecule has 0 amide bonds. The van der Waals surface area contributed by atoms with Crippen LogP contribution in [0.1, 0.15) is 5.56 Å². The van der Waals surface area contributed by atoms with Gasteiger partial charge in [0.2, 0.25) is 0 Å². The van der Waals surface area contributed by atoms with Gasteiger partial charge in [0.1, 0.15) is 11.8 Å². The second kappa shape index (κ2) is 3.62. The summed E-state index contributed by atoms with van der Waals surface area (Å²) in [5.74, 6) is 0.756. The van der Waals surface area contributed by atoms with Crippen molar-refractivity contribution in [2.75, 3.05) is 6.61 Å². The molecule has 0 unspecified atom stereocenters. The van der Waals surface area contributed by atoms with Gasteiger partial charge in [-0.25, -0.2) is 0 Å². The highest BCUT2D eigenvalue weighted by atomic mass is 16.5. The Morgan fingerprint density at radius 3 is 3.00 bits per heavy atom. The van der Waals surface area contributed by atoms with Crippen LogP contribution in [0.3, 0.4) is 0 Å². The predicted molar refractivity (Wildman–Crippen MR) is 42.3 cm³/mol. The lowest BCUT2D eigenvalue weighted by Crippen LogP contribution is -1.92. The summed E-state index contributed by atoms with van der Waals surface area (Å²) in [6, 6.07) is 9.54. The number of aryl methyl sites for hydroxylation is 1. The van der Waals surface area contributed by atoms with E-state index >= 15 is 0 Å². The lowest BCUT2D eigenvalue weighted by molar-refractivity contribution is 0.368. The van der Waals surface area contributed by atoms with Crippen molar-refractivity contribution in [1.29, 1.82) is 5.26 Å². The number of benzene rings is 1. The number of hydrogen-bond acceptors (Lipinski definition) is 2. The fraction of sp³-hybridized carbons (Fsp3) is 0.222. The van der Waals surface area contributed by atoms with E-state index in [1.165, 1.54) is 0 Å². The molecule has 0 aliphatic carbocycles. The Labute approximate surface area is 66.0 Å². The third-order valence-electron chi connectivity index (χ3n) is 1.29. The van der Waals surface area contributed by atoms with Crippen LogP contribution < -0.4 is 4.74 Å². The molecule has 0 saturated carbocycles. The van der Waals surface area contributed by atoms with Gasteiger partial charge in [0.25, 0.3) is 0 Å². The van der Waals surface area contributed by atoms with Gasteiger partial charge < -0.3 is 4.74 Å². The highest BCUT2D eigenvalue weighted by Gasteiger charge is 1.90. The third-order valence-corrected chi connectivity index (χ3v) is 1.29. The maximum atomic E-state index is 8.22. The molecule has 0 aliphatic rings. The first-order chi connectivity index (χ1) is 5.33. The monoisotopic (exact) mass is 147 g/mol. The number of ether oxygens (including phenoxy) is 1. The zero-order chi connectivity index (χ0) is 8.10. The Bertz CT molecular complexity index is 275. The minimum absolute atomic E-state index is 0.115. The van der Waals surface area contributed by atoms with Crippen molar-refractivity contribution >= 4 is 0 Å². The molecule has 0 heterocycles. The molecule has 0 atom stereocenters. The van der Waals surface area contributed by atoms with Crippen molar-refractivity contribution in [3.8, 4) is 11.8 Å². The molecule has 56 valence electrons. The topological polar surface area (TPSA) is 33.0 Å². The lowest BCUT2D eigenvalue weighted by Gasteiger charge is -2.00. The maximum absolute atomic E-state index is 8.22. The Hall–Kier alpha value is -1.49. The molecule has 1 aromatic carbocycles. The lowest BCUT2D eigenvalue weighted by atomic mass is 10.2. The average molecular weight is 147 g/mol. The first-order valence-electron chi connectivity index (χ1n) is 3.39. The molecule has 0 fully saturated rings. The molecule has 0 saturated heterocycles. The SMILES string of the molecule is Cc1cccc(OCC#N)c1. The van der Waals surface area contributed by atoms with Crippen molar-refractivity contribution in [2.45, 2.75) is 6.92 Å². The molecule has 0 spiro atoms. The molecule has 0 aliphatic heterocycles. The molecule has 0 radical (unpaired) electrons. The highest BCUT2D eigenvalue weighted by molar-refractivity contribution is 5.27. The Morgan fingerprint density at radius 2 is 2.36 bits per heavy atom. The maximum Gasteiger partial charge on any atom is 0.174 e. The zero-order valence-electron chi connectivity index (χ0n) is 6.37. The van der Waals surface area contributed by atoms with E-state index in [-0.39, 0.29) is 6.61 Å². The van der Waals surface area contributed by atoms with Gasteiger partial charge in [-0.05, 0) is 24.6 Å². The van der Waals surface area contributed by atoms with Gasteiger partial charge in [-0.2, -0.15) is 5.26 Å². The van der Waals surface area contributed by atoms with Crippen molar-refractivity contribution in [1.82, 2.24) is 0 Å². The molecule has 2 heteroatoms. The second-order valence-corrected chi connectivity index (χ2v) is 2.26. The molecule has 2 nitrogen and oxygen atoms in total. The smallest absolute Gasteiger partial charge is 0.174 e. The summed E-state index contributed by atoms with van der Waals surface area (Å²) in [6.07, 6.45) is 0.